The standard InChI is InChI=1S/C15H17NO2/c1-11-3-6-13(16-10-11)9-15(17)12-4-7-14(18-2)8-5-12/h3-8,10,15,17H,9H2,1-2H3. The van der Waals surface area contributed by atoms with Crippen LogP contribution in [-0.2, 0) is 6.42 Å². The smallest absolute Gasteiger partial charge is 0.118 e. The molecular formula is C15H17NO2. The highest BCUT2D eigenvalue weighted by Gasteiger charge is 2.09. The van der Waals surface area contributed by atoms with Crippen LogP contribution < -0.4 is 4.74 Å². The second-order valence-corrected chi connectivity index (χ2v) is 4.32. The summed E-state index contributed by atoms with van der Waals surface area (Å²) in [6.07, 6.45) is 1.80. The number of aromatic nitrogens is 1. The second kappa shape index (κ2) is 5.65. The first kappa shape index (κ1) is 12.6. The predicted molar refractivity (Wildman–Crippen MR) is 70.6 cm³/mol. The minimum absolute atomic E-state index is 0.520. The monoisotopic (exact) mass is 243 g/mol. The quantitative estimate of drug-likeness (QED) is 0.897. The number of rotatable bonds is 4. The molecule has 94 valence electrons. The van der Waals surface area contributed by atoms with Gasteiger partial charge < -0.3 is 9.84 Å². The molecule has 0 spiro atoms. The van der Waals surface area contributed by atoms with Crippen molar-refractivity contribution in [1.82, 2.24) is 4.98 Å². The summed E-state index contributed by atoms with van der Waals surface area (Å²) in [5.74, 6) is 0.791. The lowest BCUT2D eigenvalue weighted by Gasteiger charge is -2.11. The zero-order valence-corrected chi connectivity index (χ0v) is 10.6. The summed E-state index contributed by atoms with van der Waals surface area (Å²) in [5.41, 5.74) is 2.89. The summed E-state index contributed by atoms with van der Waals surface area (Å²) in [5, 5.41) is 10.1. The first-order chi connectivity index (χ1) is 8.69. The van der Waals surface area contributed by atoms with Crippen molar-refractivity contribution in [1.29, 1.82) is 0 Å². The summed E-state index contributed by atoms with van der Waals surface area (Å²) >= 11 is 0. The molecule has 3 nitrogen and oxygen atoms in total. The molecule has 0 saturated heterocycles. The summed E-state index contributed by atoms with van der Waals surface area (Å²) in [7, 11) is 1.63. The fourth-order valence-corrected chi connectivity index (χ4v) is 1.76. The fourth-order valence-electron chi connectivity index (χ4n) is 1.76. The molecule has 0 aliphatic rings. The Morgan fingerprint density at radius 3 is 2.44 bits per heavy atom. The Morgan fingerprint density at radius 1 is 1.17 bits per heavy atom. The van der Waals surface area contributed by atoms with Crippen LogP contribution in [-0.4, -0.2) is 17.2 Å². The average Bonchev–Trinajstić information content (AvgIpc) is 2.41. The van der Waals surface area contributed by atoms with Crippen molar-refractivity contribution in [3.05, 3.63) is 59.4 Å². The molecule has 0 radical (unpaired) electrons. The predicted octanol–water partition coefficient (Wildman–Crippen LogP) is 2.67. The third kappa shape index (κ3) is 3.08. The Hall–Kier alpha value is -1.87. The van der Waals surface area contributed by atoms with Gasteiger partial charge in [-0.3, -0.25) is 4.98 Å². The van der Waals surface area contributed by atoms with Gasteiger partial charge in [0, 0.05) is 18.3 Å². The number of aliphatic hydroxyl groups excluding tert-OH is 1. The van der Waals surface area contributed by atoms with Crippen LogP contribution in [0.25, 0.3) is 0 Å². The van der Waals surface area contributed by atoms with Gasteiger partial charge in [0.25, 0.3) is 0 Å². The molecule has 0 saturated carbocycles. The Morgan fingerprint density at radius 2 is 1.89 bits per heavy atom. The number of ether oxygens (including phenoxy) is 1. The molecular weight excluding hydrogens is 226 g/mol. The fraction of sp³-hybridized carbons (Fsp3) is 0.267. The van der Waals surface area contributed by atoms with E-state index < -0.39 is 6.10 Å². The highest BCUT2D eigenvalue weighted by molar-refractivity contribution is 5.29. The highest BCUT2D eigenvalue weighted by atomic mass is 16.5. The number of hydrogen-bond donors (Lipinski definition) is 1. The molecule has 1 aromatic heterocycles. The van der Waals surface area contributed by atoms with E-state index in [1.165, 1.54) is 0 Å². The first-order valence-corrected chi connectivity index (χ1v) is 5.92. The molecule has 1 aromatic carbocycles. The summed E-state index contributed by atoms with van der Waals surface area (Å²) < 4.78 is 5.09. The largest absolute Gasteiger partial charge is 0.497 e. The van der Waals surface area contributed by atoms with Gasteiger partial charge in [-0.25, -0.2) is 0 Å². The number of methoxy groups -OCH3 is 1. The Labute approximate surface area is 107 Å². The Balaban J connectivity index is 2.06. The summed E-state index contributed by atoms with van der Waals surface area (Å²) in [6, 6.07) is 11.4. The van der Waals surface area contributed by atoms with E-state index >= 15 is 0 Å². The molecule has 0 amide bonds. The third-order valence-corrected chi connectivity index (χ3v) is 2.88. The lowest BCUT2D eigenvalue weighted by atomic mass is 10.0. The topological polar surface area (TPSA) is 42.4 Å². The van der Waals surface area contributed by atoms with E-state index in [-0.39, 0.29) is 0 Å². The van der Waals surface area contributed by atoms with Gasteiger partial charge in [0.1, 0.15) is 5.75 Å². The zero-order chi connectivity index (χ0) is 13.0. The Bertz CT molecular complexity index is 491. The van der Waals surface area contributed by atoms with E-state index in [1.54, 1.807) is 7.11 Å². The van der Waals surface area contributed by atoms with Crippen molar-refractivity contribution in [3.63, 3.8) is 0 Å². The Kier molecular flexibility index (Phi) is 3.95. The van der Waals surface area contributed by atoms with Gasteiger partial charge >= 0.3 is 0 Å². The summed E-state index contributed by atoms with van der Waals surface area (Å²) in [6.45, 7) is 2.00. The number of benzene rings is 1. The number of nitrogens with zero attached hydrogens (tertiary/aromatic N) is 1. The first-order valence-electron chi connectivity index (χ1n) is 5.92. The maximum absolute atomic E-state index is 10.1. The highest BCUT2D eigenvalue weighted by Crippen LogP contribution is 2.20. The second-order valence-electron chi connectivity index (χ2n) is 4.32. The summed E-state index contributed by atoms with van der Waals surface area (Å²) in [4.78, 5) is 4.29. The minimum atomic E-state index is -0.536. The molecule has 3 heteroatoms. The van der Waals surface area contributed by atoms with E-state index in [0.717, 1.165) is 22.6 Å². The van der Waals surface area contributed by atoms with Crippen LogP contribution in [0.15, 0.2) is 42.6 Å². The maximum atomic E-state index is 10.1. The van der Waals surface area contributed by atoms with E-state index in [4.69, 9.17) is 4.74 Å². The van der Waals surface area contributed by atoms with Crippen LogP contribution in [0.4, 0.5) is 0 Å². The van der Waals surface area contributed by atoms with Crippen LogP contribution in [0, 0.1) is 6.92 Å². The maximum Gasteiger partial charge on any atom is 0.118 e. The van der Waals surface area contributed by atoms with Crippen molar-refractivity contribution in [2.75, 3.05) is 7.11 Å². The van der Waals surface area contributed by atoms with E-state index in [9.17, 15) is 5.11 Å². The van der Waals surface area contributed by atoms with Gasteiger partial charge in [-0.05, 0) is 36.2 Å². The van der Waals surface area contributed by atoms with Gasteiger partial charge in [-0.1, -0.05) is 18.2 Å². The zero-order valence-electron chi connectivity index (χ0n) is 10.6. The molecule has 1 heterocycles. The molecule has 2 rings (SSSR count). The van der Waals surface area contributed by atoms with Gasteiger partial charge in [0.15, 0.2) is 0 Å². The normalized spacial score (nSPS) is 12.2. The van der Waals surface area contributed by atoms with E-state index in [2.05, 4.69) is 4.98 Å². The number of aliphatic hydroxyl groups is 1. The van der Waals surface area contributed by atoms with Crippen molar-refractivity contribution in [2.24, 2.45) is 0 Å². The minimum Gasteiger partial charge on any atom is -0.497 e. The average molecular weight is 243 g/mol. The van der Waals surface area contributed by atoms with E-state index in [1.807, 2.05) is 49.5 Å². The van der Waals surface area contributed by atoms with Crippen LogP contribution >= 0.6 is 0 Å². The molecule has 1 atom stereocenters. The lowest BCUT2D eigenvalue weighted by Crippen LogP contribution is -2.03. The van der Waals surface area contributed by atoms with Crippen LogP contribution in [0.3, 0.4) is 0 Å². The van der Waals surface area contributed by atoms with Gasteiger partial charge in [-0.2, -0.15) is 0 Å². The SMILES string of the molecule is COc1ccc(C(O)Cc2ccc(C)cn2)cc1. The van der Waals surface area contributed by atoms with Crippen LogP contribution in [0.2, 0.25) is 0 Å². The molecule has 0 aliphatic carbocycles. The van der Waals surface area contributed by atoms with Crippen molar-refractivity contribution >= 4 is 0 Å². The van der Waals surface area contributed by atoms with Gasteiger partial charge in [0.2, 0.25) is 0 Å². The third-order valence-electron chi connectivity index (χ3n) is 2.88. The number of pyridine rings is 1. The van der Waals surface area contributed by atoms with Crippen molar-refractivity contribution in [2.45, 2.75) is 19.4 Å². The molecule has 2 aromatic rings. The van der Waals surface area contributed by atoms with Gasteiger partial charge in [0.05, 0.1) is 13.2 Å². The lowest BCUT2D eigenvalue weighted by molar-refractivity contribution is 0.177. The van der Waals surface area contributed by atoms with Gasteiger partial charge in [-0.15, -0.1) is 0 Å². The molecule has 18 heavy (non-hydrogen) atoms. The molecule has 1 unspecified atom stereocenters. The molecule has 0 aliphatic heterocycles. The number of aryl methyl sites for hydroxylation is 1. The van der Waals surface area contributed by atoms with Crippen molar-refractivity contribution in [3.8, 4) is 5.75 Å². The van der Waals surface area contributed by atoms with Crippen LogP contribution in [0.1, 0.15) is 22.9 Å². The molecule has 1 N–H and O–H groups in total. The van der Waals surface area contributed by atoms with Crippen molar-refractivity contribution < 1.29 is 9.84 Å². The van der Waals surface area contributed by atoms with E-state index in [0.29, 0.717) is 6.42 Å². The molecule has 0 fully saturated rings. The van der Waals surface area contributed by atoms with Crippen LogP contribution in [0.5, 0.6) is 5.75 Å². The molecule has 0 bridgehead atoms. The number of hydrogen-bond acceptors (Lipinski definition) is 3.